The molecule has 1 aromatic heterocycles. The van der Waals surface area contributed by atoms with E-state index >= 15 is 0 Å². The zero-order valence-electron chi connectivity index (χ0n) is 23.2. The first-order valence-corrected chi connectivity index (χ1v) is 14.3. The van der Waals surface area contributed by atoms with E-state index < -0.39 is 5.82 Å². The molecular weight excluding hydrogens is 501 g/mol. The van der Waals surface area contributed by atoms with E-state index in [4.69, 9.17) is 9.26 Å². The van der Waals surface area contributed by atoms with E-state index in [-0.39, 0.29) is 30.2 Å². The van der Waals surface area contributed by atoms with Crippen molar-refractivity contribution >= 4 is 17.8 Å². The van der Waals surface area contributed by atoms with Gasteiger partial charge in [0.15, 0.2) is 5.82 Å². The van der Waals surface area contributed by atoms with E-state index in [9.17, 15) is 14.0 Å². The van der Waals surface area contributed by atoms with Gasteiger partial charge in [-0.3, -0.25) is 9.59 Å². The Kier molecular flexibility index (Phi) is 8.37. The fraction of sp³-hybridized carbons (Fsp3) is 0.655. The molecule has 0 spiro atoms. The molecule has 0 bridgehead atoms. The monoisotopic (exact) mass is 541 g/mol. The van der Waals surface area contributed by atoms with Gasteiger partial charge in [-0.1, -0.05) is 25.1 Å². The minimum atomic E-state index is -0.429. The molecule has 2 aromatic rings. The summed E-state index contributed by atoms with van der Waals surface area (Å²) in [7, 11) is 1.69. The van der Waals surface area contributed by atoms with E-state index in [0.717, 1.165) is 56.4 Å². The number of nitrogens with one attached hydrogen (secondary N) is 1. The fourth-order valence-electron chi connectivity index (χ4n) is 5.92. The molecule has 1 saturated carbocycles. The molecule has 3 fully saturated rings. The Labute approximate surface area is 229 Å². The second-order valence-corrected chi connectivity index (χ2v) is 11.7. The second-order valence-electron chi connectivity index (χ2n) is 11.7. The number of piperidine rings is 1. The molecule has 3 aliphatic rings. The summed E-state index contributed by atoms with van der Waals surface area (Å²) in [5.41, 5.74) is 0.351. The summed E-state index contributed by atoms with van der Waals surface area (Å²) in [5.74, 6) is 3.06. The number of benzene rings is 1. The van der Waals surface area contributed by atoms with Crippen molar-refractivity contribution in [2.24, 2.45) is 17.8 Å². The third-order valence-electron chi connectivity index (χ3n) is 8.47. The predicted molar refractivity (Wildman–Crippen MR) is 144 cm³/mol. The average Bonchev–Trinajstić information content (AvgIpc) is 3.29. The first-order chi connectivity index (χ1) is 18.8. The molecule has 1 aromatic carbocycles. The van der Waals surface area contributed by atoms with Gasteiger partial charge in [0.05, 0.1) is 13.0 Å². The molecule has 5 rings (SSSR count). The summed E-state index contributed by atoms with van der Waals surface area (Å²) < 4.78 is 26.0. The molecular formula is C29H40FN5O4. The van der Waals surface area contributed by atoms with Crippen LogP contribution in [0, 0.1) is 23.6 Å². The van der Waals surface area contributed by atoms with Crippen LogP contribution in [0.5, 0.6) is 5.75 Å². The van der Waals surface area contributed by atoms with Crippen LogP contribution in [0.3, 0.4) is 0 Å². The second kappa shape index (κ2) is 11.9. The van der Waals surface area contributed by atoms with Gasteiger partial charge in [-0.25, -0.2) is 4.39 Å². The third-order valence-corrected chi connectivity index (χ3v) is 8.47. The lowest BCUT2D eigenvalue weighted by molar-refractivity contribution is -0.129. The summed E-state index contributed by atoms with van der Waals surface area (Å²) in [6, 6.07) is 5.37. The number of anilines is 1. The van der Waals surface area contributed by atoms with Crippen molar-refractivity contribution in [3.05, 3.63) is 35.4 Å². The number of hydrogen-bond donors (Lipinski definition) is 1. The molecule has 1 N–H and O–H groups in total. The molecule has 39 heavy (non-hydrogen) atoms. The zero-order chi connectivity index (χ0) is 27.5. The van der Waals surface area contributed by atoms with Gasteiger partial charge in [-0.15, -0.1) is 0 Å². The van der Waals surface area contributed by atoms with Crippen molar-refractivity contribution in [3.63, 3.8) is 0 Å². The molecule has 10 heteroatoms. The predicted octanol–water partition coefficient (Wildman–Crippen LogP) is 3.93. The number of rotatable bonds is 11. The number of hydrogen-bond acceptors (Lipinski definition) is 7. The van der Waals surface area contributed by atoms with Crippen LogP contribution >= 0.6 is 0 Å². The van der Waals surface area contributed by atoms with E-state index in [1.165, 1.54) is 12.5 Å². The lowest BCUT2D eigenvalue weighted by Crippen LogP contribution is -2.40. The minimum Gasteiger partial charge on any atom is -0.493 e. The number of ether oxygens (including phenoxy) is 1. The van der Waals surface area contributed by atoms with Crippen molar-refractivity contribution in [2.75, 3.05) is 38.2 Å². The molecule has 3 heterocycles. The van der Waals surface area contributed by atoms with Crippen LogP contribution in [0.1, 0.15) is 69.7 Å². The highest BCUT2D eigenvalue weighted by atomic mass is 19.1. The van der Waals surface area contributed by atoms with Gasteiger partial charge in [0.25, 0.3) is 0 Å². The summed E-state index contributed by atoms with van der Waals surface area (Å²) in [5, 5.41) is 6.94. The van der Waals surface area contributed by atoms with E-state index in [1.54, 1.807) is 24.1 Å². The molecule has 3 atom stereocenters. The Bertz CT molecular complexity index is 1160. The van der Waals surface area contributed by atoms with Crippen LogP contribution < -0.4 is 15.0 Å². The largest absolute Gasteiger partial charge is 0.493 e. The van der Waals surface area contributed by atoms with Crippen LogP contribution in [0.4, 0.5) is 10.4 Å². The quantitative estimate of drug-likeness (QED) is 0.460. The van der Waals surface area contributed by atoms with Crippen LogP contribution in [-0.2, 0) is 16.0 Å². The summed E-state index contributed by atoms with van der Waals surface area (Å²) in [4.78, 5) is 32.2. The number of nitrogens with zero attached hydrogens (tertiary/aromatic N) is 4. The summed E-state index contributed by atoms with van der Waals surface area (Å²) >= 11 is 0. The molecule has 2 aliphatic heterocycles. The minimum absolute atomic E-state index is 0.0157. The maximum atomic E-state index is 14.7. The van der Waals surface area contributed by atoms with Crippen molar-refractivity contribution < 1.29 is 23.2 Å². The number of carbonyl (C=O) groups is 2. The Morgan fingerprint density at radius 3 is 2.74 bits per heavy atom. The normalized spacial score (nSPS) is 23.3. The summed E-state index contributed by atoms with van der Waals surface area (Å²) in [6.45, 7) is 7.03. The Hall–Kier alpha value is -3.17. The zero-order valence-corrected chi connectivity index (χ0v) is 23.2. The van der Waals surface area contributed by atoms with Crippen molar-refractivity contribution in [1.82, 2.24) is 20.4 Å². The first kappa shape index (κ1) is 27.4. The van der Waals surface area contributed by atoms with Gasteiger partial charge >= 0.3 is 6.01 Å². The standard InChI is InChI=1S/C29H40FN5O4/c1-18(2)28-32-29(39-33-28)35-11-8-19(9-12-35)24-14-20(24)10-13-38-23-6-4-21(25(30)16-23)15-27(37)34(3)17-22-5-7-26(36)31-22/h4,6,16,18-20,22,24H,5,7-15,17H2,1-3H3,(H,31,36)/t20-,22?,24-/m1/s1. The highest BCUT2D eigenvalue weighted by Gasteiger charge is 2.43. The van der Waals surface area contributed by atoms with Crippen LogP contribution in [0.15, 0.2) is 22.7 Å². The number of amides is 2. The first-order valence-electron chi connectivity index (χ1n) is 14.3. The third kappa shape index (κ3) is 6.89. The molecule has 1 aliphatic carbocycles. The van der Waals surface area contributed by atoms with Gasteiger partial charge in [0.1, 0.15) is 11.6 Å². The maximum absolute atomic E-state index is 14.7. The maximum Gasteiger partial charge on any atom is 0.324 e. The van der Waals surface area contributed by atoms with Crippen molar-refractivity contribution in [1.29, 1.82) is 0 Å². The number of carbonyl (C=O) groups excluding carboxylic acids is 2. The van der Waals surface area contributed by atoms with Gasteiger partial charge in [0.2, 0.25) is 11.8 Å². The van der Waals surface area contributed by atoms with Crippen LogP contribution in [0.25, 0.3) is 0 Å². The molecule has 9 nitrogen and oxygen atoms in total. The van der Waals surface area contributed by atoms with E-state index in [0.29, 0.717) is 42.8 Å². The topological polar surface area (TPSA) is 101 Å². The molecule has 2 saturated heterocycles. The van der Waals surface area contributed by atoms with Crippen molar-refractivity contribution in [2.45, 2.75) is 70.8 Å². The molecule has 0 radical (unpaired) electrons. The number of aromatic nitrogens is 2. The van der Waals surface area contributed by atoms with E-state index in [2.05, 4.69) is 34.2 Å². The van der Waals surface area contributed by atoms with E-state index in [1.807, 2.05) is 0 Å². The Balaban J connectivity index is 1.00. The van der Waals surface area contributed by atoms with Gasteiger partial charge < -0.3 is 24.4 Å². The van der Waals surface area contributed by atoms with Crippen molar-refractivity contribution in [3.8, 4) is 5.75 Å². The van der Waals surface area contributed by atoms with Gasteiger partial charge in [-0.2, -0.15) is 4.98 Å². The lowest BCUT2D eigenvalue weighted by atomic mass is 9.90. The fourth-order valence-corrected chi connectivity index (χ4v) is 5.92. The number of likely N-dealkylation sites (N-methyl/N-ethyl adjacent to an activating group) is 1. The molecule has 212 valence electrons. The Morgan fingerprint density at radius 2 is 2.08 bits per heavy atom. The smallest absolute Gasteiger partial charge is 0.324 e. The highest BCUT2D eigenvalue weighted by Crippen LogP contribution is 2.50. The van der Waals surface area contributed by atoms with Gasteiger partial charge in [0, 0.05) is 51.1 Å². The molecule has 1 unspecified atom stereocenters. The number of halogens is 1. The van der Waals surface area contributed by atoms with Crippen LogP contribution in [-0.4, -0.2) is 66.2 Å². The van der Waals surface area contributed by atoms with Gasteiger partial charge in [-0.05, 0) is 61.5 Å². The highest BCUT2D eigenvalue weighted by molar-refractivity contribution is 5.80. The molecule has 2 amide bonds. The lowest BCUT2D eigenvalue weighted by Gasteiger charge is -2.30. The average molecular weight is 542 g/mol. The SMILES string of the molecule is CC(C)c1noc(N2CCC([C@H]3C[C@H]3CCOc3ccc(CC(=O)N(C)CC4CCC(=O)N4)c(F)c3)CC2)n1. The Morgan fingerprint density at radius 1 is 1.28 bits per heavy atom. The van der Waals surface area contributed by atoms with Crippen LogP contribution in [0.2, 0.25) is 0 Å². The summed E-state index contributed by atoms with van der Waals surface area (Å²) in [6.07, 6.45) is 5.67.